The van der Waals surface area contributed by atoms with Gasteiger partial charge >= 0.3 is 0 Å². The van der Waals surface area contributed by atoms with Crippen molar-refractivity contribution in [2.45, 2.75) is 13.0 Å². The van der Waals surface area contributed by atoms with E-state index in [0.29, 0.717) is 23.5 Å². The predicted molar refractivity (Wildman–Crippen MR) is 76.6 cm³/mol. The third-order valence-corrected chi connectivity index (χ3v) is 2.90. The Kier molecular flexibility index (Phi) is 4.60. The molecule has 1 heterocycles. The van der Waals surface area contributed by atoms with Crippen LogP contribution in [-0.2, 0) is 6.54 Å². The number of nitrogens with zero attached hydrogens (tertiary/aromatic N) is 2. The van der Waals surface area contributed by atoms with E-state index >= 15 is 0 Å². The zero-order valence-corrected chi connectivity index (χ0v) is 11.4. The second-order valence-corrected chi connectivity index (χ2v) is 4.34. The van der Waals surface area contributed by atoms with Crippen LogP contribution in [0.5, 0.6) is 5.75 Å². The van der Waals surface area contributed by atoms with Gasteiger partial charge in [-0.15, -0.1) is 0 Å². The van der Waals surface area contributed by atoms with Crippen LogP contribution in [0.1, 0.15) is 16.8 Å². The number of carbonyl (C=O) groups excluding carboxylic acids is 1. The summed E-state index contributed by atoms with van der Waals surface area (Å²) in [5.41, 5.74) is 6.76. The molecule has 0 aliphatic carbocycles. The lowest BCUT2D eigenvalue weighted by Gasteiger charge is -2.08. The number of amides is 1. The Labute approximate surface area is 117 Å². The second kappa shape index (κ2) is 6.60. The number of nitrogens with two attached hydrogens (primary N) is 1. The van der Waals surface area contributed by atoms with Crippen LogP contribution >= 0.6 is 0 Å². The average Bonchev–Trinajstić information content (AvgIpc) is 2.96. The van der Waals surface area contributed by atoms with Crippen LogP contribution in [0.15, 0.2) is 36.7 Å². The second-order valence-electron chi connectivity index (χ2n) is 4.34. The van der Waals surface area contributed by atoms with Gasteiger partial charge in [0.25, 0.3) is 5.91 Å². The number of aromatic nitrogens is 2. The SMILES string of the molecule is COc1ccc(C(=O)NCCCn2cccn2)cc1N. The molecule has 0 saturated heterocycles. The van der Waals surface area contributed by atoms with Gasteiger partial charge in [-0.2, -0.15) is 5.10 Å². The summed E-state index contributed by atoms with van der Waals surface area (Å²) in [6.07, 6.45) is 4.45. The maximum atomic E-state index is 11.9. The van der Waals surface area contributed by atoms with Gasteiger partial charge in [-0.25, -0.2) is 0 Å². The number of anilines is 1. The van der Waals surface area contributed by atoms with Crippen molar-refractivity contribution in [1.29, 1.82) is 0 Å². The number of ether oxygens (including phenoxy) is 1. The molecule has 2 rings (SSSR count). The normalized spacial score (nSPS) is 10.2. The van der Waals surface area contributed by atoms with Gasteiger partial charge in [0, 0.05) is 31.0 Å². The Balaban J connectivity index is 1.81. The summed E-state index contributed by atoms with van der Waals surface area (Å²) >= 11 is 0. The molecule has 1 amide bonds. The molecule has 20 heavy (non-hydrogen) atoms. The van der Waals surface area contributed by atoms with Gasteiger partial charge in [0.2, 0.25) is 0 Å². The number of hydrogen-bond donors (Lipinski definition) is 2. The van der Waals surface area contributed by atoms with Crippen molar-refractivity contribution >= 4 is 11.6 Å². The molecule has 6 heteroatoms. The van der Waals surface area contributed by atoms with Gasteiger partial charge in [-0.1, -0.05) is 0 Å². The largest absolute Gasteiger partial charge is 0.495 e. The first-order valence-corrected chi connectivity index (χ1v) is 6.40. The molecule has 0 fully saturated rings. The molecule has 0 atom stereocenters. The molecule has 0 aliphatic rings. The molecule has 0 bridgehead atoms. The Morgan fingerprint density at radius 1 is 1.50 bits per heavy atom. The molecular formula is C14H18N4O2. The smallest absolute Gasteiger partial charge is 0.251 e. The maximum Gasteiger partial charge on any atom is 0.251 e. The van der Waals surface area contributed by atoms with Gasteiger partial charge in [0.05, 0.1) is 12.8 Å². The van der Waals surface area contributed by atoms with E-state index in [-0.39, 0.29) is 5.91 Å². The third-order valence-electron chi connectivity index (χ3n) is 2.90. The van der Waals surface area contributed by atoms with Crippen LogP contribution in [0.25, 0.3) is 0 Å². The lowest BCUT2D eigenvalue weighted by Crippen LogP contribution is -2.25. The number of nitrogens with one attached hydrogen (secondary N) is 1. The highest BCUT2D eigenvalue weighted by Gasteiger charge is 2.07. The first-order valence-electron chi connectivity index (χ1n) is 6.40. The standard InChI is InChI=1S/C14H18N4O2/c1-20-13-5-4-11(10-12(13)15)14(19)16-6-2-8-18-9-3-7-17-18/h3-5,7,9-10H,2,6,8,15H2,1H3,(H,16,19). The van der Waals surface area contributed by atoms with E-state index in [1.165, 1.54) is 0 Å². The van der Waals surface area contributed by atoms with E-state index < -0.39 is 0 Å². The summed E-state index contributed by atoms with van der Waals surface area (Å²) in [6.45, 7) is 1.36. The minimum Gasteiger partial charge on any atom is -0.495 e. The van der Waals surface area contributed by atoms with Crippen LogP contribution < -0.4 is 15.8 Å². The summed E-state index contributed by atoms with van der Waals surface area (Å²) in [6, 6.07) is 6.87. The molecule has 1 aromatic carbocycles. The highest BCUT2D eigenvalue weighted by Crippen LogP contribution is 2.21. The summed E-state index contributed by atoms with van der Waals surface area (Å²) in [4.78, 5) is 11.9. The van der Waals surface area contributed by atoms with Gasteiger partial charge in [-0.05, 0) is 30.7 Å². The van der Waals surface area contributed by atoms with Crippen LogP contribution in [0.4, 0.5) is 5.69 Å². The van der Waals surface area contributed by atoms with Crippen LogP contribution in [-0.4, -0.2) is 29.3 Å². The third kappa shape index (κ3) is 3.50. The Morgan fingerprint density at radius 2 is 2.35 bits per heavy atom. The highest BCUT2D eigenvalue weighted by atomic mass is 16.5. The van der Waals surface area contributed by atoms with Crippen LogP contribution in [0.3, 0.4) is 0 Å². The molecule has 0 radical (unpaired) electrons. The highest BCUT2D eigenvalue weighted by molar-refractivity contribution is 5.95. The average molecular weight is 274 g/mol. The van der Waals surface area contributed by atoms with Gasteiger partial charge in [0.1, 0.15) is 5.75 Å². The van der Waals surface area contributed by atoms with Crippen molar-refractivity contribution in [3.05, 3.63) is 42.2 Å². The number of carbonyl (C=O) groups is 1. The maximum absolute atomic E-state index is 11.9. The van der Waals surface area contributed by atoms with Gasteiger partial charge in [0.15, 0.2) is 0 Å². The number of hydrogen-bond acceptors (Lipinski definition) is 4. The van der Waals surface area contributed by atoms with E-state index in [1.807, 2.05) is 16.9 Å². The summed E-state index contributed by atoms with van der Waals surface area (Å²) < 4.78 is 6.88. The van der Waals surface area contributed by atoms with Crippen molar-refractivity contribution < 1.29 is 9.53 Å². The van der Waals surface area contributed by atoms with Crippen LogP contribution in [0.2, 0.25) is 0 Å². The lowest BCUT2D eigenvalue weighted by atomic mass is 10.1. The Morgan fingerprint density at radius 3 is 3.00 bits per heavy atom. The molecule has 106 valence electrons. The first kappa shape index (κ1) is 13.9. The molecule has 0 spiro atoms. The Hall–Kier alpha value is -2.50. The molecule has 0 aliphatic heterocycles. The van der Waals surface area contributed by atoms with Gasteiger partial charge in [-0.3, -0.25) is 9.48 Å². The zero-order valence-electron chi connectivity index (χ0n) is 11.4. The number of aryl methyl sites for hydroxylation is 1. The number of methoxy groups -OCH3 is 1. The lowest BCUT2D eigenvalue weighted by molar-refractivity contribution is 0.0952. The fourth-order valence-corrected chi connectivity index (χ4v) is 1.85. The number of rotatable bonds is 6. The number of nitrogen functional groups attached to an aromatic ring is 1. The van der Waals surface area contributed by atoms with E-state index in [4.69, 9.17) is 10.5 Å². The van der Waals surface area contributed by atoms with E-state index in [1.54, 1.807) is 31.5 Å². The van der Waals surface area contributed by atoms with Crippen LogP contribution in [0, 0.1) is 0 Å². The minimum atomic E-state index is -0.139. The van der Waals surface area contributed by atoms with Crippen molar-refractivity contribution in [2.75, 3.05) is 19.4 Å². The van der Waals surface area contributed by atoms with Crippen molar-refractivity contribution in [1.82, 2.24) is 15.1 Å². The summed E-state index contributed by atoms with van der Waals surface area (Å²) in [5, 5.41) is 6.94. The molecule has 2 aromatic rings. The quantitative estimate of drug-likeness (QED) is 0.614. The van der Waals surface area contributed by atoms with E-state index in [0.717, 1.165) is 13.0 Å². The predicted octanol–water partition coefficient (Wildman–Crippen LogP) is 1.29. The van der Waals surface area contributed by atoms with Gasteiger partial charge < -0.3 is 15.8 Å². The van der Waals surface area contributed by atoms with E-state index in [9.17, 15) is 4.79 Å². The minimum absolute atomic E-state index is 0.139. The van der Waals surface area contributed by atoms with E-state index in [2.05, 4.69) is 10.4 Å². The Bertz CT molecular complexity index is 567. The van der Waals surface area contributed by atoms with Crippen molar-refractivity contribution in [3.8, 4) is 5.75 Å². The molecular weight excluding hydrogens is 256 g/mol. The summed E-state index contributed by atoms with van der Waals surface area (Å²) in [5.74, 6) is 0.431. The first-order chi connectivity index (χ1) is 9.70. The fourth-order valence-electron chi connectivity index (χ4n) is 1.85. The molecule has 6 nitrogen and oxygen atoms in total. The van der Waals surface area contributed by atoms with Crippen molar-refractivity contribution in [3.63, 3.8) is 0 Å². The zero-order chi connectivity index (χ0) is 14.4. The van der Waals surface area contributed by atoms with Crippen molar-refractivity contribution in [2.24, 2.45) is 0 Å². The number of benzene rings is 1. The monoisotopic (exact) mass is 274 g/mol. The summed E-state index contributed by atoms with van der Waals surface area (Å²) in [7, 11) is 1.54. The topological polar surface area (TPSA) is 82.2 Å². The molecule has 0 saturated carbocycles. The molecule has 0 unspecified atom stereocenters. The molecule has 1 aromatic heterocycles. The fraction of sp³-hybridized carbons (Fsp3) is 0.286. The molecule has 3 N–H and O–H groups in total.